The largest absolute Gasteiger partial charge is 0.495 e. The second kappa shape index (κ2) is 7.94. The van der Waals surface area contributed by atoms with Gasteiger partial charge in [-0.2, -0.15) is 0 Å². The molecule has 1 aliphatic rings. The highest BCUT2D eigenvalue weighted by Crippen LogP contribution is 2.41. The topological polar surface area (TPSA) is 89.5 Å². The number of hydrogen-bond donors (Lipinski definition) is 0. The Morgan fingerprint density at radius 2 is 1.68 bits per heavy atom. The van der Waals surface area contributed by atoms with Gasteiger partial charge in [-0.1, -0.05) is 46.9 Å². The number of hydrogen-bond acceptors (Lipinski definition) is 6. The first-order chi connectivity index (χ1) is 14.6. The number of sulfone groups is 1. The van der Waals surface area contributed by atoms with E-state index >= 15 is 0 Å². The minimum absolute atomic E-state index is 0.0321. The lowest BCUT2D eigenvalue weighted by Gasteiger charge is -2.17. The molecule has 11 heteroatoms. The van der Waals surface area contributed by atoms with Crippen molar-refractivity contribution in [2.24, 2.45) is 0 Å². The van der Waals surface area contributed by atoms with Crippen LogP contribution in [-0.2, 0) is 16.4 Å². The van der Waals surface area contributed by atoms with Crippen molar-refractivity contribution < 1.29 is 17.9 Å². The predicted molar refractivity (Wildman–Crippen MR) is 119 cm³/mol. The highest BCUT2D eigenvalue weighted by Gasteiger charge is 2.36. The SMILES string of the molecule is COc1cc(-c2nc(S(C)(=O)=O)nc3c2CN(c2ccccc2Cl)C3=O)c(Cl)cc1Cl. The molecule has 3 aromatic rings. The third-order valence-corrected chi connectivity index (χ3v) is 6.50. The molecule has 0 radical (unpaired) electrons. The fourth-order valence-corrected chi connectivity index (χ4v) is 4.57. The van der Waals surface area contributed by atoms with E-state index in [4.69, 9.17) is 39.5 Å². The molecule has 0 atom stereocenters. The average Bonchev–Trinajstić information content (AvgIpc) is 3.04. The number of halogens is 3. The van der Waals surface area contributed by atoms with Gasteiger partial charge in [0.15, 0.2) is 0 Å². The van der Waals surface area contributed by atoms with Gasteiger partial charge >= 0.3 is 0 Å². The highest BCUT2D eigenvalue weighted by atomic mass is 35.5. The number of rotatable bonds is 4. The van der Waals surface area contributed by atoms with E-state index in [0.29, 0.717) is 27.6 Å². The summed E-state index contributed by atoms with van der Waals surface area (Å²) in [6, 6.07) is 9.84. The van der Waals surface area contributed by atoms with Crippen molar-refractivity contribution in [2.75, 3.05) is 18.3 Å². The number of methoxy groups -OCH3 is 1. The Bertz CT molecular complexity index is 1350. The molecule has 2 heterocycles. The summed E-state index contributed by atoms with van der Waals surface area (Å²) >= 11 is 18.8. The van der Waals surface area contributed by atoms with Crippen LogP contribution in [0.5, 0.6) is 5.75 Å². The van der Waals surface area contributed by atoms with E-state index < -0.39 is 20.9 Å². The first-order valence-electron chi connectivity index (χ1n) is 8.82. The molecule has 31 heavy (non-hydrogen) atoms. The zero-order valence-electron chi connectivity index (χ0n) is 16.2. The predicted octanol–water partition coefficient (Wildman–Crippen LogP) is 4.68. The van der Waals surface area contributed by atoms with Gasteiger partial charge < -0.3 is 9.64 Å². The van der Waals surface area contributed by atoms with Crippen LogP contribution in [0.2, 0.25) is 15.1 Å². The smallest absolute Gasteiger partial charge is 0.277 e. The van der Waals surface area contributed by atoms with Gasteiger partial charge in [-0.05, 0) is 24.3 Å². The third-order valence-electron chi connectivity index (χ3n) is 4.72. The van der Waals surface area contributed by atoms with Gasteiger partial charge in [-0.15, -0.1) is 0 Å². The second-order valence-corrected chi connectivity index (χ2v) is 9.89. The van der Waals surface area contributed by atoms with E-state index in [2.05, 4.69) is 9.97 Å². The lowest BCUT2D eigenvalue weighted by Crippen LogP contribution is -2.23. The highest BCUT2D eigenvalue weighted by molar-refractivity contribution is 7.90. The van der Waals surface area contributed by atoms with Gasteiger partial charge in [0.25, 0.3) is 5.91 Å². The van der Waals surface area contributed by atoms with E-state index in [0.717, 1.165) is 6.26 Å². The van der Waals surface area contributed by atoms with E-state index in [9.17, 15) is 13.2 Å². The number of carbonyl (C=O) groups excluding carboxylic acids is 1. The van der Waals surface area contributed by atoms with E-state index in [1.165, 1.54) is 18.1 Å². The maximum atomic E-state index is 13.2. The Morgan fingerprint density at radius 3 is 2.32 bits per heavy atom. The third kappa shape index (κ3) is 3.85. The zero-order chi connectivity index (χ0) is 22.5. The molecule has 0 unspecified atom stereocenters. The van der Waals surface area contributed by atoms with Crippen LogP contribution < -0.4 is 9.64 Å². The Labute approximate surface area is 193 Å². The molecule has 7 nitrogen and oxygen atoms in total. The molecule has 0 aliphatic carbocycles. The molecule has 2 aromatic carbocycles. The van der Waals surface area contributed by atoms with Gasteiger partial charge in [0, 0.05) is 17.4 Å². The molecule has 1 aromatic heterocycles. The lowest BCUT2D eigenvalue weighted by molar-refractivity contribution is 0.0991. The summed E-state index contributed by atoms with van der Waals surface area (Å²) in [7, 11) is -2.39. The number of fused-ring (bicyclic) bond motifs is 1. The summed E-state index contributed by atoms with van der Waals surface area (Å²) in [5, 5.41) is 0.377. The van der Waals surface area contributed by atoms with Crippen LogP contribution in [0.3, 0.4) is 0 Å². The summed E-state index contributed by atoms with van der Waals surface area (Å²) in [5.41, 5.74) is 1.42. The molecule has 0 fully saturated rings. The number of carbonyl (C=O) groups is 1. The van der Waals surface area contributed by atoms with E-state index in [-0.39, 0.29) is 28.0 Å². The van der Waals surface area contributed by atoms with Crippen molar-refractivity contribution in [2.45, 2.75) is 11.7 Å². The molecule has 0 saturated carbocycles. The molecule has 0 N–H and O–H groups in total. The fourth-order valence-electron chi connectivity index (χ4n) is 3.27. The molecular weight excluding hydrogens is 485 g/mol. The number of anilines is 1. The molecule has 4 rings (SSSR count). The van der Waals surface area contributed by atoms with Crippen LogP contribution in [0, 0.1) is 0 Å². The maximum absolute atomic E-state index is 13.2. The van der Waals surface area contributed by atoms with Crippen LogP contribution >= 0.6 is 34.8 Å². The zero-order valence-corrected chi connectivity index (χ0v) is 19.3. The van der Waals surface area contributed by atoms with Crippen LogP contribution in [-0.4, -0.2) is 37.7 Å². The van der Waals surface area contributed by atoms with Gasteiger partial charge in [0.2, 0.25) is 15.0 Å². The number of benzene rings is 2. The Kier molecular flexibility index (Phi) is 5.59. The van der Waals surface area contributed by atoms with Crippen LogP contribution in [0.4, 0.5) is 5.69 Å². The molecule has 0 spiro atoms. The summed E-state index contributed by atoms with van der Waals surface area (Å²) in [5.74, 6) is -0.171. The van der Waals surface area contributed by atoms with Crippen molar-refractivity contribution >= 4 is 56.2 Å². The maximum Gasteiger partial charge on any atom is 0.277 e. The van der Waals surface area contributed by atoms with Crippen molar-refractivity contribution in [3.63, 3.8) is 0 Å². The molecule has 0 saturated heterocycles. The molecule has 1 amide bonds. The average molecular weight is 499 g/mol. The minimum atomic E-state index is -3.82. The monoisotopic (exact) mass is 497 g/mol. The van der Waals surface area contributed by atoms with E-state index in [1.807, 2.05) is 0 Å². The first-order valence-corrected chi connectivity index (χ1v) is 11.8. The molecule has 1 aliphatic heterocycles. The van der Waals surface area contributed by atoms with Crippen LogP contribution in [0.15, 0.2) is 41.6 Å². The Morgan fingerprint density at radius 1 is 1.00 bits per heavy atom. The van der Waals surface area contributed by atoms with Crippen molar-refractivity contribution in [1.82, 2.24) is 9.97 Å². The molecule has 160 valence electrons. The number of nitrogens with zero attached hydrogens (tertiary/aromatic N) is 3. The fraction of sp³-hybridized carbons (Fsp3) is 0.150. The number of para-hydroxylation sites is 1. The second-order valence-electron chi connectivity index (χ2n) is 6.76. The standard InChI is InChI=1S/C20H14Cl3N3O4S/c1-30-16-7-10(13(22)8-14(16)23)17-11-9-26(15-6-4-3-5-12(15)21)19(27)18(11)25-20(24-17)31(2,28)29/h3-8H,9H2,1-2H3. The number of aromatic nitrogens is 2. The molecule has 0 bridgehead atoms. The van der Waals surface area contributed by atoms with Crippen molar-refractivity contribution in [1.29, 1.82) is 0 Å². The number of amides is 1. The van der Waals surface area contributed by atoms with Gasteiger partial charge in [0.1, 0.15) is 11.4 Å². The van der Waals surface area contributed by atoms with Crippen molar-refractivity contribution in [3.8, 4) is 17.0 Å². The summed E-state index contributed by atoms with van der Waals surface area (Å²) in [4.78, 5) is 22.9. The summed E-state index contributed by atoms with van der Waals surface area (Å²) in [6.45, 7) is 0.0819. The van der Waals surface area contributed by atoms with E-state index in [1.54, 1.807) is 30.3 Å². The normalized spacial score (nSPS) is 13.5. The van der Waals surface area contributed by atoms with Gasteiger partial charge in [0.05, 0.1) is 40.1 Å². The summed E-state index contributed by atoms with van der Waals surface area (Å²) < 4.78 is 29.7. The van der Waals surface area contributed by atoms with Crippen LogP contribution in [0.25, 0.3) is 11.3 Å². The summed E-state index contributed by atoms with van der Waals surface area (Å²) in [6.07, 6.45) is 0.966. The Balaban J connectivity index is 1.98. The molecular formula is C20H14Cl3N3O4S. The van der Waals surface area contributed by atoms with Gasteiger partial charge in [-0.25, -0.2) is 18.4 Å². The first kappa shape index (κ1) is 21.8. The lowest BCUT2D eigenvalue weighted by atomic mass is 10.1. The minimum Gasteiger partial charge on any atom is -0.495 e. The number of ether oxygens (including phenoxy) is 1. The van der Waals surface area contributed by atoms with Crippen molar-refractivity contribution in [3.05, 3.63) is 62.7 Å². The quantitative estimate of drug-likeness (QED) is 0.485. The Hall–Kier alpha value is -2.39. The van der Waals surface area contributed by atoms with Gasteiger partial charge in [-0.3, -0.25) is 4.79 Å². The van der Waals surface area contributed by atoms with Crippen LogP contribution in [0.1, 0.15) is 16.1 Å².